The van der Waals surface area contributed by atoms with Crippen LogP contribution in [0.3, 0.4) is 0 Å². The lowest BCUT2D eigenvalue weighted by Gasteiger charge is -2.25. The third-order valence-corrected chi connectivity index (χ3v) is 7.03. The van der Waals surface area contributed by atoms with Gasteiger partial charge in [-0.1, -0.05) is 75.3 Å². The van der Waals surface area contributed by atoms with Crippen LogP contribution in [-0.2, 0) is 27.7 Å². The summed E-state index contributed by atoms with van der Waals surface area (Å²) in [5.41, 5.74) is 0. The molecule has 0 bridgehead atoms. The van der Waals surface area contributed by atoms with Gasteiger partial charge in [0.25, 0.3) is 0 Å². The fraction of sp³-hybridized carbons (Fsp3) is 0.700. The molecule has 0 heterocycles. The minimum atomic E-state index is -3.67. The number of hydrogen-bond acceptors (Lipinski definition) is 6. The third kappa shape index (κ3) is 23.6. The topological polar surface area (TPSA) is 71.1 Å². The fourth-order valence-electron chi connectivity index (χ4n) is 3.15. The molecule has 0 rings (SSSR count). The minimum absolute atomic E-state index is 0.0328. The van der Waals surface area contributed by atoms with Crippen molar-refractivity contribution in [1.29, 1.82) is 0 Å². The van der Waals surface area contributed by atoms with Gasteiger partial charge >= 0.3 is 13.8 Å². The zero-order valence-electron chi connectivity index (χ0n) is 24.9. The summed E-state index contributed by atoms with van der Waals surface area (Å²) in [6, 6.07) is 0. The highest BCUT2D eigenvalue weighted by Gasteiger charge is 2.28. The highest BCUT2D eigenvalue weighted by Crippen LogP contribution is 2.48. The molecule has 7 nitrogen and oxygen atoms in total. The maximum Gasteiger partial charge on any atom is 0.474 e. The predicted molar refractivity (Wildman–Crippen MR) is 158 cm³/mol. The number of carbonyl (C=O) groups excluding carboxylic acids is 1. The highest BCUT2D eigenvalue weighted by molar-refractivity contribution is 7.48. The van der Waals surface area contributed by atoms with Gasteiger partial charge in [0.15, 0.2) is 0 Å². The van der Waals surface area contributed by atoms with Crippen LogP contribution in [0.4, 0.5) is 0 Å². The fourth-order valence-corrected chi connectivity index (χ4v) is 4.09. The summed E-state index contributed by atoms with van der Waals surface area (Å²) in [6.07, 6.45) is 27.3. The molecule has 0 aromatic carbocycles. The molecular formula is C30H55NO6P+. The molecule has 0 radical (unpaired) electrons. The quantitative estimate of drug-likeness (QED) is 0.0395. The largest absolute Gasteiger partial charge is 0.474 e. The molecule has 0 saturated carbocycles. The van der Waals surface area contributed by atoms with Gasteiger partial charge in [0, 0.05) is 13.5 Å². The average molecular weight is 557 g/mol. The first kappa shape index (κ1) is 36.5. The molecule has 0 amide bonds. The van der Waals surface area contributed by atoms with Crippen LogP contribution in [0.15, 0.2) is 48.6 Å². The zero-order valence-corrected chi connectivity index (χ0v) is 25.8. The maximum atomic E-state index is 12.6. The molecule has 2 atom stereocenters. The van der Waals surface area contributed by atoms with Crippen molar-refractivity contribution in [2.75, 3.05) is 48.0 Å². The van der Waals surface area contributed by atoms with Crippen LogP contribution in [0.5, 0.6) is 0 Å². The van der Waals surface area contributed by atoms with Crippen molar-refractivity contribution in [2.45, 2.75) is 90.6 Å². The van der Waals surface area contributed by atoms with Gasteiger partial charge in [0.1, 0.15) is 19.3 Å². The third-order valence-electron chi connectivity index (χ3n) is 5.62. The molecular weight excluding hydrogens is 501 g/mol. The van der Waals surface area contributed by atoms with Crippen molar-refractivity contribution < 1.29 is 32.2 Å². The first-order valence-electron chi connectivity index (χ1n) is 14.2. The number of likely N-dealkylation sites (N-methyl/N-ethyl adjacent to an activating group) is 1. The van der Waals surface area contributed by atoms with Crippen LogP contribution in [-0.4, -0.2) is 64.6 Å². The Hall–Kier alpha value is -1.50. The second kappa shape index (κ2) is 23.4. The summed E-state index contributed by atoms with van der Waals surface area (Å²) >= 11 is 0. The van der Waals surface area contributed by atoms with Crippen LogP contribution < -0.4 is 0 Å². The van der Waals surface area contributed by atoms with E-state index in [2.05, 4.69) is 55.5 Å². The Labute approximate surface area is 233 Å². The summed E-state index contributed by atoms with van der Waals surface area (Å²) in [5, 5.41) is 0. The Kier molecular flexibility index (Phi) is 22.5. The molecule has 0 N–H and O–H groups in total. The summed E-state index contributed by atoms with van der Waals surface area (Å²) in [6.45, 7) is 4.98. The number of unbranched alkanes of at least 4 members (excludes halogenated alkanes) is 4. The van der Waals surface area contributed by atoms with Crippen molar-refractivity contribution in [3.05, 3.63) is 48.6 Å². The molecule has 0 saturated heterocycles. The number of allylic oxidation sites excluding steroid dienone is 8. The van der Waals surface area contributed by atoms with Gasteiger partial charge in [0.2, 0.25) is 0 Å². The molecule has 2 unspecified atom stereocenters. The molecule has 0 aromatic heterocycles. The number of hydrogen-bond donors (Lipinski definition) is 0. The highest BCUT2D eigenvalue weighted by atomic mass is 31.2. The van der Waals surface area contributed by atoms with Crippen LogP contribution in [0.2, 0.25) is 0 Å². The molecule has 0 aliphatic carbocycles. The lowest BCUT2D eigenvalue weighted by molar-refractivity contribution is -0.870. The SMILES string of the molecule is CCCCC/C=C\C/C=C\CC=CC/C=C\CCCC(=O)OC(CC)COP(=O)(OC)OCC[N+](C)(C)C. The van der Waals surface area contributed by atoms with Gasteiger partial charge in [-0.2, -0.15) is 0 Å². The van der Waals surface area contributed by atoms with Crippen molar-refractivity contribution in [1.82, 2.24) is 0 Å². The van der Waals surface area contributed by atoms with E-state index in [-0.39, 0.29) is 19.2 Å². The standard InChI is InChI=1S/C30H55NO6P/c1-7-9-10-11-12-13-14-15-16-17-18-19-20-21-22-23-24-25-30(32)37-29(8-2)28-36-38(33,34-6)35-27-26-31(3,4)5/h12-13,15-16,18-19,21-22,29H,7-11,14,17,20,23-28H2,1-6H3/q+1/b13-12-,16-15-,19-18?,22-21-. The van der Waals surface area contributed by atoms with Gasteiger partial charge in [-0.25, -0.2) is 4.57 Å². The van der Waals surface area contributed by atoms with E-state index in [0.29, 0.717) is 23.9 Å². The van der Waals surface area contributed by atoms with Gasteiger partial charge in [-0.3, -0.25) is 18.4 Å². The first-order chi connectivity index (χ1) is 18.2. The summed E-state index contributed by atoms with van der Waals surface area (Å²) in [7, 11) is 3.65. The number of rotatable bonds is 24. The van der Waals surface area contributed by atoms with Crippen LogP contribution in [0, 0.1) is 0 Å². The van der Waals surface area contributed by atoms with Gasteiger partial charge < -0.3 is 9.22 Å². The number of esters is 1. The van der Waals surface area contributed by atoms with E-state index >= 15 is 0 Å². The second-order valence-electron chi connectivity index (χ2n) is 10.3. The minimum Gasteiger partial charge on any atom is -0.460 e. The van der Waals surface area contributed by atoms with E-state index in [1.54, 1.807) is 0 Å². The van der Waals surface area contributed by atoms with E-state index in [4.69, 9.17) is 18.3 Å². The number of quaternary nitrogens is 1. The van der Waals surface area contributed by atoms with Crippen LogP contribution in [0.25, 0.3) is 0 Å². The lowest BCUT2D eigenvalue weighted by atomic mass is 10.2. The van der Waals surface area contributed by atoms with E-state index in [1.807, 2.05) is 28.1 Å². The van der Waals surface area contributed by atoms with Crippen molar-refractivity contribution in [2.24, 2.45) is 0 Å². The molecule has 0 aliphatic heterocycles. The predicted octanol–water partition coefficient (Wildman–Crippen LogP) is 7.95. The average Bonchev–Trinajstić information content (AvgIpc) is 2.87. The van der Waals surface area contributed by atoms with Crippen molar-refractivity contribution in [3.8, 4) is 0 Å². The number of nitrogens with zero attached hydrogens (tertiary/aromatic N) is 1. The van der Waals surface area contributed by atoms with Gasteiger partial charge in [0.05, 0.1) is 27.7 Å². The van der Waals surface area contributed by atoms with Crippen molar-refractivity contribution >= 4 is 13.8 Å². The van der Waals surface area contributed by atoms with E-state index in [1.165, 1.54) is 32.8 Å². The van der Waals surface area contributed by atoms with Crippen LogP contribution in [0.1, 0.15) is 84.5 Å². The van der Waals surface area contributed by atoms with Gasteiger partial charge in [-0.05, 0) is 51.4 Å². The second-order valence-corrected chi connectivity index (χ2v) is 12.0. The number of ether oxygens (including phenoxy) is 1. The molecule has 220 valence electrons. The molecule has 38 heavy (non-hydrogen) atoms. The Balaban J connectivity index is 4.01. The van der Waals surface area contributed by atoms with Crippen LogP contribution >= 0.6 is 7.82 Å². The summed E-state index contributed by atoms with van der Waals surface area (Å²) in [4.78, 5) is 12.2. The smallest absolute Gasteiger partial charge is 0.460 e. The van der Waals surface area contributed by atoms with E-state index in [0.717, 1.165) is 32.1 Å². The Morgan fingerprint density at radius 2 is 1.37 bits per heavy atom. The lowest BCUT2D eigenvalue weighted by Crippen LogP contribution is -2.37. The molecule has 0 fully saturated rings. The monoisotopic (exact) mass is 556 g/mol. The molecule has 0 aromatic rings. The van der Waals surface area contributed by atoms with Crippen molar-refractivity contribution in [3.63, 3.8) is 0 Å². The first-order valence-corrected chi connectivity index (χ1v) is 15.7. The Morgan fingerprint density at radius 3 is 1.87 bits per heavy atom. The van der Waals surface area contributed by atoms with E-state index < -0.39 is 13.9 Å². The normalized spacial score (nSPS) is 15.2. The zero-order chi connectivity index (χ0) is 28.5. The molecule has 0 aliphatic rings. The number of phosphoric ester groups is 1. The summed E-state index contributed by atoms with van der Waals surface area (Å²) < 4.78 is 34.4. The molecule has 0 spiro atoms. The Morgan fingerprint density at radius 1 is 0.816 bits per heavy atom. The van der Waals surface area contributed by atoms with Gasteiger partial charge in [-0.15, -0.1) is 0 Å². The summed E-state index contributed by atoms with van der Waals surface area (Å²) in [5.74, 6) is -0.283. The maximum absolute atomic E-state index is 12.6. The number of carbonyl (C=O) groups is 1. The molecule has 8 heteroatoms. The van der Waals surface area contributed by atoms with E-state index in [9.17, 15) is 9.36 Å². The number of phosphoric acid groups is 1. The Bertz CT molecular complexity index is 754.